The fraction of sp³-hybridized carbons (Fsp3) is 0.500. The third-order valence-electron chi connectivity index (χ3n) is 3.76. The van der Waals surface area contributed by atoms with Crippen LogP contribution in [0.5, 0.6) is 0 Å². The SMILES string of the molecule is CSc1cccc2sc(N3CCC(C(F)F)CC3)nc12. The van der Waals surface area contributed by atoms with Crippen molar-refractivity contribution in [2.75, 3.05) is 24.2 Å². The molecule has 108 valence electrons. The van der Waals surface area contributed by atoms with E-state index in [1.807, 2.05) is 12.3 Å². The van der Waals surface area contributed by atoms with E-state index in [4.69, 9.17) is 4.98 Å². The molecule has 0 radical (unpaired) electrons. The van der Waals surface area contributed by atoms with E-state index in [2.05, 4.69) is 17.0 Å². The highest BCUT2D eigenvalue weighted by Gasteiger charge is 2.27. The Morgan fingerprint density at radius 2 is 2.10 bits per heavy atom. The Kier molecular flexibility index (Phi) is 4.12. The van der Waals surface area contributed by atoms with Crippen molar-refractivity contribution in [3.8, 4) is 0 Å². The molecule has 0 amide bonds. The van der Waals surface area contributed by atoms with Gasteiger partial charge >= 0.3 is 0 Å². The average molecular weight is 314 g/mol. The molecule has 0 saturated carbocycles. The molecule has 2 aromatic rings. The lowest BCUT2D eigenvalue weighted by Crippen LogP contribution is -2.35. The van der Waals surface area contributed by atoms with Crippen LogP contribution in [0.4, 0.5) is 13.9 Å². The van der Waals surface area contributed by atoms with Gasteiger partial charge in [0.25, 0.3) is 0 Å². The second-order valence-corrected chi connectivity index (χ2v) is 6.82. The molecular weight excluding hydrogens is 298 g/mol. The number of nitrogens with zero attached hydrogens (tertiary/aromatic N) is 2. The lowest BCUT2D eigenvalue weighted by molar-refractivity contribution is 0.0636. The summed E-state index contributed by atoms with van der Waals surface area (Å²) in [6, 6.07) is 6.18. The number of piperidine rings is 1. The lowest BCUT2D eigenvalue weighted by atomic mass is 9.98. The van der Waals surface area contributed by atoms with E-state index in [1.54, 1.807) is 23.1 Å². The summed E-state index contributed by atoms with van der Waals surface area (Å²) in [6.45, 7) is 1.37. The highest BCUT2D eigenvalue weighted by Crippen LogP contribution is 2.36. The first kappa shape index (κ1) is 14.1. The van der Waals surface area contributed by atoms with Crippen LogP contribution in [0.2, 0.25) is 0 Å². The Balaban J connectivity index is 1.81. The first-order chi connectivity index (χ1) is 9.69. The van der Waals surface area contributed by atoms with Crippen LogP contribution >= 0.6 is 23.1 Å². The van der Waals surface area contributed by atoms with Crippen LogP contribution < -0.4 is 4.90 Å². The Morgan fingerprint density at radius 3 is 2.75 bits per heavy atom. The molecule has 6 heteroatoms. The number of rotatable bonds is 3. The molecule has 2 nitrogen and oxygen atoms in total. The topological polar surface area (TPSA) is 16.1 Å². The molecule has 1 aromatic heterocycles. The van der Waals surface area contributed by atoms with Gasteiger partial charge in [0.1, 0.15) is 0 Å². The maximum Gasteiger partial charge on any atom is 0.241 e. The van der Waals surface area contributed by atoms with Gasteiger partial charge < -0.3 is 4.90 Å². The molecule has 1 saturated heterocycles. The fourth-order valence-corrected chi connectivity index (χ4v) is 4.23. The van der Waals surface area contributed by atoms with Crippen LogP contribution in [0.3, 0.4) is 0 Å². The number of thioether (sulfide) groups is 1. The van der Waals surface area contributed by atoms with Crippen molar-refractivity contribution in [1.82, 2.24) is 4.98 Å². The predicted molar refractivity (Wildman–Crippen MR) is 82.3 cm³/mol. The van der Waals surface area contributed by atoms with Crippen molar-refractivity contribution in [3.63, 3.8) is 0 Å². The minimum absolute atomic E-state index is 0.442. The minimum Gasteiger partial charge on any atom is -0.348 e. The molecule has 0 bridgehead atoms. The molecule has 2 heterocycles. The van der Waals surface area contributed by atoms with Crippen LogP contribution in [-0.4, -0.2) is 30.8 Å². The van der Waals surface area contributed by atoms with E-state index in [9.17, 15) is 8.78 Å². The third kappa shape index (κ3) is 2.63. The van der Waals surface area contributed by atoms with Crippen LogP contribution in [0.25, 0.3) is 10.2 Å². The van der Waals surface area contributed by atoms with Gasteiger partial charge in [-0.1, -0.05) is 17.4 Å². The van der Waals surface area contributed by atoms with Gasteiger partial charge in [0.05, 0.1) is 10.2 Å². The van der Waals surface area contributed by atoms with Gasteiger partial charge in [-0.2, -0.15) is 0 Å². The number of anilines is 1. The number of hydrogen-bond donors (Lipinski definition) is 0. The van der Waals surface area contributed by atoms with Gasteiger partial charge in [0.2, 0.25) is 6.43 Å². The van der Waals surface area contributed by atoms with E-state index in [0.29, 0.717) is 25.9 Å². The fourth-order valence-electron chi connectivity index (χ4n) is 2.55. The summed E-state index contributed by atoms with van der Waals surface area (Å²) in [5, 5.41) is 0.967. The molecular formula is C14H16F2N2S2. The van der Waals surface area contributed by atoms with E-state index < -0.39 is 12.3 Å². The Labute approximate surface area is 125 Å². The summed E-state index contributed by atoms with van der Waals surface area (Å²) in [4.78, 5) is 8.03. The van der Waals surface area contributed by atoms with Crippen LogP contribution in [0, 0.1) is 5.92 Å². The van der Waals surface area contributed by atoms with Gasteiger partial charge in [-0.05, 0) is 31.2 Å². The zero-order chi connectivity index (χ0) is 14.1. The molecule has 0 aliphatic carbocycles. The Bertz CT molecular complexity index is 592. The highest BCUT2D eigenvalue weighted by atomic mass is 32.2. The summed E-state index contributed by atoms with van der Waals surface area (Å²) in [6.07, 6.45) is 0.976. The van der Waals surface area contributed by atoms with Gasteiger partial charge in [0, 0.05) is 23.9 Å². The molecule has 0 N–H and O–H groups in total. The van der Waals surface area contributed by atoms with Crippen LogP contribution in [0.15, 0.2) is 23.1 Å². The highest BCUT2D eigenvalue weighted by molar-refractivity contribution is 7.98. The molecule has 1 aromatic carbocycles. The summed E-state index contributed by atoms with van der Waals surface area (Å²) in [5.74, 6) is -0.442. The number of hydrogen-bond acceptors (Lipinski definition) is 4. The summed E-state index contributed by atoms with van der Waals surface area (Å²) < 4.78 is 26.5. The lowest BCUT2D eigenvalue weighted by Gasteiger charge is -2.31. The largest absolute Gasteiger partial charge is 0.348 e. The van der Waals surface area contributed by atoms with E-state index in [1.165, 1.54) is 9.60 Å². The first-order valence-electron chi connectivity index (χ1n) is 6.65. The quantitative estimate of drug-likeness (QED) is 0.776. The summed E-state index contributed by atoms with van der Waals surface area (Å²) >= 11 is 3.35. The van der Waals surface area contributed by atoms with Gasteiger partial charge in [-0.15, -0.1) is 11.8 Å². The standard InChI is InChI=1S/C14H16F2N2S2/c1-19-10-3-2-4-11-12(10)17-14(20-11)18-7-5-9(6-8-18)13(15)16/h2-4,9,13H,5-8H2,1H3. The first-order valence-corrected chi connectivity index (χ1v) is 8.70. The molecule has 1 aliphatic heterocycles. The molecule has 3 rings (SSSR count). The number of para-hydroxylation sites is 1. The zero-order valence-corrected chi connectivity index (χ0v) is 12.8. The molecule has 0 atom stereocenters. The third-order valence-corrected chi connectivity index (χ3v) is 5.61. The Hall–Kier alpha value is -0.880. The zero-order valence-electron chi connectivity index (χ0n) is 11.2. The van der Waals surface area contributed by atoms with E-state index >= 15 is 0 Å². The number of halogens is 2. The maximum atomic E-state index is 12.7. The van der Waals surface area contributed by atoms with E-state index in [0.717, 1.165) is 10.6 Å². The molecule has 20 heavy (non-hydrogen) atoms. The normalized spacial score (nSPS) is 17.3. The van der Waals surface area contributed by atoms with Crippen molar-refractivity contribution < 1.29 is 8.78 Å². The van der Waals surface area contributed by atoms with Crippen LogP contribution in [-0.2, 0) is 0 Å². The number of fused-ring (bicyclic) bond motifs is 1. The molecule has 0 unspecified atom stereocenters. The summed E-state index contributed by atoms with van der Waals surface area (Å²) in [5.41, 5.74) is 1.04. The second-order valence-electron chi connectivity index (χ2n) is 4.96. The second kappa shape index (κ2) is 5.85. The van der Waals surface area contributed by atoms with Gasteiger partial charge in [-0.25, -0.2) is 13.8 Å². The monoisotopic (exact) mass is 314 g/mol. The number of alkyl halides is 2. The van der Waals surface area contributed by atoms with Crippen molar-refractivity contribution >= 4 is 38.4 Å². The molecule has 1 aliphatic rings. The van der Waals surface area contributed by atoms with Crippen molar-refractivity contribution in [1.29, 1.82) is 0 Å². The van der Waals surface area contributed by atoms with Gasteiger partial charge in [0.15, 0.2) is 5.13 Å². The van der Waals surface area contributed by atoms with Crippen molar-refractivity contribution in [2.24, 2.45) is 5.92 Å². The number of thiazole rings is 1. The molecule has 1 fully saturated rings. The summed E-state index contributed by atoms with van der Waals surface area (Å²) in [7, 11) is 0. The molecule has 0 spiro atoms. The Morgan fingerprint density at radius 1 is 1.35 bits per heavy atom. The van der Waals surface area contributed by atoms with Crippen LogP contribution in [0.1, 0.15) is 12.8 Å². The van der Waals surface area contributed by atoms with Crippen molar-refractivity contribution in [3.05, 3.63) is 18.2 Å². The smallest absolute Gasteiger partial charge is 0.241 e. The number of aromatic nitrogens is 1. The minimum atomic E-state index is -2.18. The number of benzene rings is 1. The predicted octanol–water partition coefficient (Wildman–Crippen LogP) is 4.50. The van der Waals surface area contributed by atoms with Crippen molar-refractivity contribution in [2.45, 2.75) is 24.2 Å². The average Bonchev–Trinajstić information content (AvgIpc) is 2.91. The van der Waals surface area contributed by atoms with Gasteiger partial charge in [-0.3, -0.25) is 0 Å². The maximum absolute atomic E-state index is 12.7. The van der Waals surface area contributed by atoms with E-state index in [-0.39, 0.29) is 0 Å².